The van der Waals surface area contributed by atoms with E-state index in [0.717, 1.165) is 59.3 Å². The number of rotatable bonds is 3. The predicted octanol–water partition coefficient (Wildman–Crippen LogP) is 4.65. The number of ether oxygens (including phenoxy) is 2. The highest BCUT2D eigenvalue weighted by atomic mass is 32.1. The molecule has 2 aliphatic rings. The number of hydrogen-bond donors (Lipinski definition) is 0. The second kappa shape index (κ2) is 8.07. The number of fused-ring (bicyclic) bond motifs is 1. The molecule has 6 nitrogen and oxygen atoms in total. The van der Waals surface area contributed by atoms with E-state index in [1.807, 2.05) is 42.2 Å². The van der Waals surface area contributed by atoms with Crippen LogP contribution < -0.4 is 9.47 Å². The summed E-state index contributed by atoms with van der Waals surface area (Å²) in [6.45, 7) is 3.97. The summed E-state index contributed by atoms with van der Waals surface area (Å²) < 4.78 is 11.6. The zero-order valence-corrected chi connectivity index (χ0v) is 17.7. The Kier molecular flexibility index (Phi) is 5.12. The van der Waals surface area contributed by atoms with Crippen molar-refractivity contribution in [3.63, 3.8) is 0 Å². The highest BCUT2D eigenvalue weighted by Crippen LogP contribution is 2.39. The third-order valence-corrected chi connectivity index (χ3v) is 6.71. The first-order chi connectivity index (χ1) is 14.7. The molecule has 30 heavy (non-hydrogen) atoms. The summed E-state index contributed by atoms with van der Waals surface area (Å²) in [4.78, 5) is 25.1. The van der Waals surface area contributed by atoms with Crippen molar-refractivity contribution in [3.05, 3.63) is 58.7 Å². The van der Waals surface area contributed by atoms with Gasteiger partial charge in [0.2, 0.25) is 0 Å². The molecular formula is C23H23N3O3S. The third-order valence-electron chi connectivity index (χ3n) is 5.54. The number of hydrogen-bond acceptors (Lipinski definition) is 6. The van der Waals surface area contributed by atoms with Gasteiger partial charge in [0.05, 0.1) is 30.6 Å². The van der Waals surface area contributed by atoms with Crippen LogP contribution in [0.2, 0.25) is 0 Å². The lowest BCUT2D eigenvalue weighted by atomic mass is 10.0. The topological polar surface area (TPSA) is 64.6 Å². The van der Waals surface area contributed by atoms with Crippen molar-refractivity contribution in [3.8, 4) is 22.2 Å². The molecule has 3 aromatic rings. The van der Waals surface area contributed by atoms with Crippen LogP contribution in [0.1, 0.15) is 46.2 Å². The van der Waals surface area contributed by atoms with Crippen molar-refractivity contribution in [2.75, 3.05) is 19.8 Å². The molecule has 0 radical (unpaired) electrons. The molecule has 5 rings (SSSR count). The highest BCUT2D eigenvalue weighted by molar-refractivity contribution is 7.17. The fourth-order valence-corrected chi connectivity index (χ4v) is 5.07. The zero-order valence-electron chi connectivity index (χ0n) is 16.8. The lowest BCUT2D eigenvalue weighted by molar-refractivity contribution is 0.0739. The zero-order chi connectivity index (χ0) is 20.5. The number of thiazole rings is 1. The quantitative estimate of drug-likeness (QED) is 0.616. The van der Waals surface area contributed by atoms with Crippen molar-refractivity contribution in [2.45, 2.75) is 32.2 Å². The van der Waals surface area contributed by atoms with Gasteiger partial charge in [-0.15, -0.1) is 11.3 Å². The Labute approximate surface area is 179 Å². The van der Waals surface area contributed by atoms with Gasteiger partial charge in [-0.25, -0.2) is 4.98 Å². The predicted molar refractivity (Wildman–Crippen MR) is 115 cm³/mol. The summed E-state index contributed by atoms with van der Waals surface area (Å²) in [6.07, 6.45) is 4.54. The first-order valence-corrected chi connectivity index (χ1v) is 11.1. The fourth-order valence-electron chi connectivity index (χ4n) is 4.07. The number of nitrogens with zero attached hydrogens (tertiary/aromatic N) is 3. The molecule has 2 aliphatic heterocycles. The molecule has 1 atom stereocenters. The van der Waals surface area contributed by atoms with Gasteiger partial charge in [0, 0.05) is 19.2 Å². The Bertz CT molecular complexity index is 1070. The minimum atomic E-state index is 0.0365. The van der Waals surface area contributed by atoms with Crippen LogP contribution in [0.4, 0.5) is 0 Å². The summed E-state index contributed by atoms with van der Waals surface area (Å²) in [6, 6.07) is 11.8. The third kappa shape index (κ3) is 3.54. The summed E-state index contributed by atoms with van der Waals surface area (Å²) in [5.41, 5.74) is 2.65. The van der Waals surface area contributed by atoms with Crippen molar-refractivity contribution in [1.82, 2.24) is 14.9 Å². The number of aryl methyl sites for hydroxylation is 1. The fraction of sp³-hybridized carbons (Fsp3) is 0.348. The molecule has 2 aromatic heterocycles. The van der Waals surface area contributed by atoms with E-state index in [1.54, 1.807) is 6.20 Å². The van der Waals surface area contributed by atoms with E-state index in [2.05, 4.69) is 16.0 Å². The van der Waals surface area contributed by atoms with E-state index in [-0.39, 0.29) is 11.9 Å². The molecule has 0 N–H and O–H groups in total. The normalized spacial score (nSPS) is 18.3. The van der Waals surface area contributed by atoms with Crippen molar-refractivity contribution in [2.24, 2.45) is 0 Å². The molecule has 154 valence electrons. The van der Waals surface area contributed by atoms with Crippen LogP contribution in [0.5, 0.6) is 11.5 Å². The van der Waals surface area contributed by atoms with Gasteiger partial charge in [-0.3, -0.25) is 9.78 Å². The van der Waals surface area contributed by atoms with Crippen LogP contribution in [0.25, 0.3) is 10.7 Å². The lowest BCUT2D eigenvalue weighted by Gasteiger charge is -2.25. The maximum Gasteiger partial charge on any atom is 0.266 e. The minimum Gasteiger partial charge on any atom is -0.490 e. The van der Waals surface area contributed by atoms with E-state index < -0.39 is 0 Å². The summed E-state index contributed by atoms with van der Waals surface area (Å²) in [5.74, 6) is 1.60. The molecular weight excluding hydrogens is 398 g/mol. The molecule has 4 heterocycles. The van der Waals surface area contributed by atoms with Gasteiger partial charge in [0.25, 0.3) is 5.91 Å². The molecule has 0 bridgehead atoms. The van der Waals surface area contributed by atoms with E-state index >= 15 is 0 Å². The van der Waals surface area contributed by atoms with Gasteiger partial charge in [0.1, 0.15) is 9.88 Å². The number of aromatic nitrogens is 2. The van der Waals surface area contributed by atoms with Crippen LogP contribution >= 0.6 is 11.3 Å². The molecule has 1 unspecified atom stereocenters. The lowest BCUT2D eigenvalue weighted by Crippen LogP contribution is -2.30. The monoisotopic (exact) mass is 421 g/mol. The van der Waals surface area contributed by atoms with Crippen LogP contribution in [-0.4, -0.2) is 40.5 Å². The van der Waals surface area contributed by atoms with Gasteiger partial charge in [0.15, 0.2) is 11.5 Å². The number of likely N-dealkylation sites (tertiary alicyclic amines) is 1. The Balaban J connectivity index is 1.42. The molecule has 7 heteroatoms. The van der Waals surface area contributed by atoms with Gasteiger partial charge in [-0.1, -0.05) is 12.1 Å². The van der Waals surface area contributed by atoms with Crippen molar-refractivity contribution < 1.29 is 14.3 Å². The van der Waals surface area contributed by atoms with Gasteiger partial charge >= 0.3 is 0 Å². The number of benzene rings is 1. The Morgan fingerprint density at radius 2 is 2.00 bits per heavy atom. The highest BCUT2D eigenvalue weighted by Gasteiger charge is 2.33. The van der Waals surface area contributed by atoms with Crippen LogP contribution in [-0.2, 0) is 0 Å². The number of pyridine rings is 1. The smallest absolute Gasteiger partial charge is 0.266 e. The number of carbonyl (C=O) groups excluding carboxylic acids is 1. The maximum absolute atomic E-state index is 13.5. The van der Waals surface area contributed by atoms with Gasteiger partial charge < -0.3 is 14.4 Å². The first-order valence-electron chi connectivity index (χ1n) is 10.3. The minimum absolute atomic E-state index is 0.0365. The van der Waals surface area contributed by atoms with Crippen LogP contribution in [0, 0.1) is 6.92 Å². The van der Waals surface area contributed by atoms with Crippen LogP contribution in [0.15, 0.2) is 42.6 Å². The molecule has 1 amide bonds. The molecule has 0 saturated carbocycles. The largest absolute Gasteiger partial charge is 0.490 e. The average Bonchev–Trinajstić information content (AvgIpc) is 3.34. The summed E-state index contributed by atoms with van der Waals surface area (Å²) >= 11 is 1.42. The Hall–Kier alpha value is -2.93. The summed E-state index contributed by atoms with van der Waals surface area (Å²) in [7, 11) is 0. The van der Waals surface area contributed by atoms with Crippen LogP contribution in [0.3, 0.4) is 0 Å². The second-order valence-corrected chi connectivity index (χ2v) is 8.56. The van der Waals surface area contributed by atoms with E-state index in [9.17, 15) is 4.79 Å². The molecule has 0 spiro atoms. The number of carbonyl (C=O) groups is 1. The van der Waals surface area contributed by atoms with E-state index in [4.69, 9.17) is 9.47 Å². The average molecular weight is 422 g/mol. The molecule has 1 aromatic carbocycles. The van der Waals surface area contributed by atoms with E-state index in [1.165, 1.54) is 11.3 Å². The maximum atomic E-state index is 13.5. The number of amides is 1. The SMILES string of the molecule is Cc1nc(-c2ccccn2)sc1C(=O)N1CCCC1c1ccc2c(c1)OCCCO2. The molecule has 1 saturated heterocycles. The first kappa shape index (κ1) is 19.1. The second-order valence-electron chi connectivity index (χ2n) is 7.56. The van der Waals surface area contributed by atoms with E-state index in [0.29, 0.717) is 18.1 Å². The van der Waals surface area contributed by atoms with Gasteiger partial charge in [-0.2, -0.15) is 0 Å². The van der Waals surface area contributed by atoms with Crippen molar-refractivity contribution in [1.29, 1.82) is 0 Å². The standard InChI is InChI=1S/C23H23N3O3S/c1-15-21(30-22(25-15)17-6-2-3-10-24-17)23(27)26-11-4-7-18(26)16-8-9-19-20(14-16)29-13-5-12-28-19/h2-3,6,8-10,14,18H,4-5,7,11-13H2,1H3. The Morgan fingerprint density at radius 3 is 2.83 bits per heavy atom. The molecule has 1 fully saturated rings. The molecule has 0 aliphatic carbocycles. The summed E-state index contributed by atoms with van der Waals surface area (Å²) in [5, 5.41) is 0.780. The van der Waals surface area contributed by atoms with Crippen molar-refractivity contribution >= 4 is 17.2 Å². The van der Waals surface area contributed by atoms with Gasteiger partial charge in [-0.05, 0) is 49.6 Å². The Morgan fingerprint density at radius 1 is 1.13 bits per heavy atom.